The van der Waals surface area contributed by atoms with E-state index in [1.54, 1.807) is 12.2 Å². The van der Waals surface area contributed by atoms with E-state index in [9.17, 15) is 19.8 Å². The SMILES string of the molecule is O=C(O)CCC/C=C\CC1C(=O)C[C@@H](O)[C@@H]1/C=C/[C@@H](O)Cc1ccccc1. The Morgan fingerprint density at radius 2 is 1.96 bits per heavy atom. The predicted molar refractivity (Wildman–Crippen MR) is 103 cm³/mol. The second-order valence-corrected chi connectivity index (χ2v) is 7.06. The second kappa shape index (κ2) is 10.8. The summed E-state index contributed by atoms with van der Waals surface area (Å²) in [5.74, 6) is -1.37. The Morgan fingerprint density at radius 1 is 1.22 bits per heavy atom. The van der Waals surface area contributed by atoms with Crippen LogP contribution in [0.3, 0.4) is 0 Å². The van der Waals surface area contributed by atoms with Gasteiger partial charge in [-0.05, 0) is 24.8 Å². The van der Waals surface area contributed by atoms with Crippen molar-refractivity contribution in [3.63, 3.8) is 0 Å². The van der Waals surface area contributed by atoms with Crippen molar-refractivity contribution in [3.8, 4) is 0 Å². The first-order valence-corrected chi connectivity index (χ1v) is 9.45. The van der Waals surface area contributed by atoms with Gasteiger partial charge in [0.15, 0.2) is 0 Å². The molecule has 0 saturated heterocycles. The van der Waals surface area contributed by atoms with Crippen LogP contribution in [0, 0.1) is 11.8 Å². The lowest BCUT2D eigenvalue weighted by molar-refractivity contribution is -0.137. The van der Waals surface area contributed by atoms with Crippen molar-refractivity contribution in [2.75, 3.05) is 0 Å². The molecule has 0 radical (unpaired) electrons. The minimum absolute atomic E-state index is 0.0323. The largest absolute Gasteiger partial charge is 0.481 e. The number of aliphatic hydroxyl groups excluding tert-OH is 2. The highest BCUT2D eigenvalue weighted by Crippen LogP contribution is 2.33. The lowest BCUT2D eigenvalue weighted by atomic mass is 9.90. The van der Waals surface area contributed by atoms with Gasteiger partial charge in [0.1, 0.15) is 5.78 Å². The van der Waals surface area contributed by atoms with Gasteiger partial charge in [0.05, 0.1) is 12.2 Å². The van der Waals surface area contributed by atoms with Crippen LogP contribution in [-0.4, -0.2) is 39.3 Å². The second-order valence-electron chi connectivity index (χ2n) is 7.06. The Kier molecular flexibility index (Phi) is 8.43. The van der Waals surface area contributed by atoms with Crippen LogP contribution in [0.2, 0.25) is 0 Å². The molecule has 1 aromatic carbocycles. The minimum atomic E-state index is -0.809. The first kappa shape index (κ1) is 21.1. The molecule has 1 saturated carbocycles. The van der Waals surface area contributed by atoms with Crippen LogP contribution in [-0.2, 0) is 16.0 Å². The van der Waals surface area contributed by atoms with Crippen LogP contribution in [0.4, 0.5) is 0 Å². The van der Waals surface area contributed by atoms with Gasteiger partial charge < -0.3 is 15.3 Å². The van der Waals surface area contributed by atoms with Gasteiger partial charge in [-0.2, -0.15) is 0 Å². The third kappa shape index (κ3) is 7.12. The molecule has 0 amide bonds. The van der Waals surface area contributed by atoms with Crippen molar-refractivity contribution in [2.45, 2.75) is 50.7 Å². The predicted octanol–water partition coefficient (Wildman–Crippen LogP) is 2.91. The molecule has 3 N–H and O–H groups in total. The fourth-order valence-electron chi connectivity index (χ4n) is 3.44. The molecule has 1 aromatic rings. The van der Waals surface area contributed by atoms with E-state index in [-0.39, 0.29) is 30.5 Å². The van der Waals surface area contributed by atoms with E-state index >= 15 is 0 Å². The van der Waals surface area contributed by atoms with Crippen molar-refractivity contribution in [1.29, 1.82) is 0 Å². The summed E-state index contributed by atoms with van der Waals surface area (Å²) in [6, 6.07) is 9.66. The molecule has 0 heterocycles. The monoisotopic (exact) mass is 372 g/mol. The Labute approximate surface area is 160 Å². The van der Waals surface area contributed by atoms with Gasteiger partial charge in [0.2, 0.25) is 0 Å². The lowest BCUT2D eigenvalue weighted by Crippen LogP contribution is -2.19. The van der Waals surface area contributed by atoms with Gasteiger partial charge in [-0.15, -0.1) is 0 Å². The van der Waals surface area contributed by atoms with Crippen molar-refractivity contribution in [1.82, 2.24) is 0 Å². The lowest BCUT2D eigenvalue weighted by Gasteiger charge is -2.16. The molecule has 1 unspecified atom stereocenters. The molecule has 0 bridgehead atoms. The number of rotatable bonds is 10. The van der Waals surface area contributed by atoms with E-state index in [0.29, 0.717) is 25.7 Å². The van der Waals surface area contributed by atoms with Gasteiger partial charge in [-0.3, -0.25) is 9.59 Å². The summed E-state index contributed by atoms with van der Waals surface area (Å²) in [5.41, 5.74) is 1.03. The molecule has 146 valence electrons. The summed E-state index contributed by atoms with van der Waals surface area (Å²) >= 11 is 0. The number of carboxylic acid groups (broad SMARTS) is 1. The first-order valence-electron chi connectivity index (χ1n) is 9.45. The number of aliphatic hydroxyl groups is 2. The van der Waals surface area contributed by atoms with Gasteiger partial charge >= 0.3 is 5.97 Å². The number of carbonyl (C=O) groups excluding carboxylic acids is 1. The fraction of sp³-hybridized carbons (Fsp3) is 0.455. The maximum absolute atomic E-state index is 12.2. The molecule has 5 heteroatoms. The van der Waals surface area contributed by atoms with E-state index in [4.69, 9.17) is 5.11 Å². The number of carboxylic acids is 1. The van der Waals surface area contributed by atoms with E-state index in [0.717, 1.165) is 5.56 Å². The highest BCUT2D eigenvalue weighted by atomic mass is 16.4. The molecule has 1 fully saturated rings. The maximum atomic E-state index is 12.2. The number of hydrogen-bond donors (Lipinski definition) is 3. The van der Waals surface area contributed by atoms with Crippen molar-refractivity contribution >= 4 is 11.8 Å². The number of hydrogen-bond acceptors (Lipinski definition) is 4. The van der Waals surface area contributed by atoms with Crippen molar-refractivity contribution in [3.05, 3.63) is 60.2 Å². The highest BCUT2D eigenvalue weighted by molar-refractivity contribution is 5.84. The Balaban J connectivity index is 1.87. The molecule has 4 atom stereocenters. The van der Waals surface area contributed by atoms with Gasteiger partial charge in [-0.25, -0.2) is 0 Å². The van der Waals surface area contributed by atoms with E-state index in [1.807, 2.05) is 42.5 Å². The Hall–Kier alpha value is -2.24. The molecule has 0 spiro atoms. The Morgan fingerprint density at radius 3 is 2.67 bits per heavy atom. The summed E-state index contributed by atoms with van der Waals surface area (Å²) in [6.45, 7) is 0. The third-order valence-corrected chi connectivity index (χ3v) is 4.89. The molecule has 1 aliphatic rings. The van der Waals surface area contributed by atoms with Gasteiger partial charge in [0, 0.05) is 31.1 Å². The fourth-order valence-corrected chi connectivity index (χ4v) is 3.44. The van der Waals surface area contributed by atoms with Crippen LogP contribution in [0.15, 0.2) is 54.6 Å². The normalized spacial score (nSPS) is 24.1. The summed E-state index contributed by atoms with van der Waals surface area (Å²) in [4.78, 5) is 22.7. The number of aliphatic carboxylic acids is 1. The van der Waals surface area contributed by atoms with Crippen LogP contribution >= 0.6 is 0 Å². The summed E-state index contributed by atoms with van der Waals surface area (Å²) < 4.78 is 0. The summed E-state index contributed by atoms with van der Waals surface area (Å²) in [6.07, 6.45) is 8.36. The first-order chi connectivity index (χ1) is 13.0. The number of carbonyl (C=O) groups is 2. The van der Waals surface area contributed by atoms with Gasteiger partial charge in [-0.1, -0.05) is 54.6 Å². The number of unbranched alkanes of at least 4 members (excludes halogenated alkanes) is 1. The number of benzene rings is 1. The zero-order chi connectivity index (χ0) is 19.6. The van der Waals surface area contributed by atoms with Crippen LogP contribution in [0.1, 0.15) is 37.7 Å². The number of ketones is 1. The standard InChI is InChI=1S/C22H28O5/c23-17(14-16-8-4-3-5-9-16)12-13-19-18(20(24)15-21(19)25)10-6-1-2-7-11-22(26)27/h1,3-6,8-9,12-13,17-19,21,23,25H,2,7,10-11,14-15H2,(H,26,27)/b6-1-,13-12+/t17-,18?,19-,21-/m1/s1. The zero-order valence-electron chi connectivity index (χ0n) is 15.4. The van der Waals surface area contributed by atoms with Gasteiger partial charge in [0.25, 0.3) is 0 Å². The van der Waals surface area contributed by atoms with E-state index in [2.05, 4.69) is 0 Å². The van der Waals surface area contributed by atoms with E-state index < -0.39 is 18.2 Å². The third-order valence-electron chi connectivity index (χ3n) is 4.89. The topological polar surface area (TPSA) is 94.8 Å². The van der Waals surface area contributed by atoms with E-state index in [1.165, 1.54) is 0 Å². The highest BCUT2D eigenvalue weighted by Gasteiger charge is 2.39. The number of allylic oxidation sites excluding steroid dienone is 2. The van der Waals surface area contributed by atoms with Crippen LogP contribution in [0.25, 0.3) is 0 Å². The quantitative estimate of drug-likeness (QED) is 0.434. The average molecular weight is 372 g/mol. The minimum Gasteiger partial charge on any atom is -0.481 e. The zero-order valence-corrected chi connectivity index (χ0v) is 15.4. The molecule has 27 heavy (non-hydrogen) atoms. The molecule has 0 aromatic heterocycles. The smallest absolute Gasteiger partial charge is 0.303 e. The number of Topliss-reactive ketones (excluding diaryl/α,β-unsaturated/α-hetero) is 1. The summed E-state index contributed by atoms with van der Waals surface area (Å²) in [5, 5.41) is 29.0. The summed E-state index contributed by atoms with van der Waals surface area (Å²) in [7, 11) is 0. The molecular formula is C22H28O5. The molecular weight excluding hydrogens is 344 g/mol. The van der Waals surface area contributed by atoms with Crippen LogP contribution < -0.4 is 0 Å². The van der Waals surface area contributed by atoms with Crippen LogP contribution in [0.5, 0.6) is 0 Å². The Bertz CT molecular complexity index is 665. The average Bonchev–Trinajstić information content (AvgIpc) is 2.89. The molecule has 5 nitrogen and oxygen atoms in total. The maximum Gasteiger partial charge on any atom is 0.303 e. The van der Waals surface area contributed by atoms with Crippen molar-refractivity contribution in [2.24, 2.45) is 11.8 Å². The van der Waals surface area contributed by atoms with Crippen molar-refractivity contribution < 1.29 is 24.9 Å². The molecule has 1 aliphatic carbocycles. The molecule has 2 rings (SSSR count). The molecule has 0 aliphatic heterocycles.